The molecule has 8 heteroatoms. The fourth-order valence-corrected chi connectivity index (χ4v) is 3.56. The number of hydrogen-bond acceptors (Lipinski definition) is 7. The summed E-state index contributed by atoms with van der Waals surface area (Å²) in [4.78, 5) is 8.13. The molecule has 2 aromatic heterocycles. The SMILES string of the molecule is CCc1cccc(C(O)[C@H]2O[C@@H](n3ccc4c(N)ncnc43)[C@H](O)[C@@H]2O)c1. The minimum absolute atomic E-state index is 0.319. The van der Waals surface area contributed by atoms with Crippen molar-refractivity contribution < 1.29 is 20.1 Å². The number of aromatic nitrogens is 3. The maximum atomic E-state index is 10.8. The molecule has 1 aliphatic heterocycles. The molecule has 142 valence electrons. The van der Waals surface area contributed by atoms with Crippen molar-refractivity contribution in [3.63, 3.8) is 0 Å². The van der Waals surface area contributed by atoms with Crippen LogP contribution in [0, 0.1) is 0 Å². The first-order valence-electron chi connectivity index (χ1n) is 8.86. The summed E-state index contributed by atoms with van der Waals surface area (Å²) < 4.78 is 7.47. The molecule has 1 fully saturated rings. The van der Waals surface area contributed by atoms with Crippen molar-refractivity contribution in [2.45, 2.75) is 44.0 Å². The molecule has 0 amide bonds. The van der Waals surface area contributed by atoms with E-state index in [1.807, 2.05) is 25.1 Å². The van der Waals surface area contributed by atoms with Crippen molar-refractivity contribution in [2.24, 2.45) is 0 Å². The zero-order valence-electron chi connectivity index (χ0n) is 14.8. The van der Waals surface area contributed by atoms with Gasteiger partial charge in [-0.25, -0.2) is 9.97 Å². The molecule has 8 nitrogen and oxygen atoms in total. The van der Waals surface area contributed by atoms with Gasteiger partial charge in [0.2, 0.25) is 0 Å². The van der Waals surface area contributed by atoms with E-state index in [2.05, 4.69) is 9.97 Å². The molecule has 3 aromatic rings. The molecular formula is C19H22N4O4. The number of rotatable bonds is 4. The second kappa shape index (κ2) is 6.90. The summed E-state index contributed by atoms with van der Waals surface area (Å²) in [6.07, 6.45) is -1.62. The number of hydrogen-bond donors (Lipinski definition) is 4. The van der Waals surface area contributed by atoms with Crippen molar-refractivity contribution in [1.29, 1.82) is 0 Å². The summed E-state index contributed by atoms with van der Waals surface area (Å²) in [5.41, 5.74) is 8.04. The molecule has 5 N–H and O–H groups in total. The summed E-state index contributed by atoms with van der Waals surface area (Å²) in [5, 5.41) is 32.4. The van der Waals surface area contributed by atoms with Gasteiger partial charge < -0.3 is 30.4 Å². The van der Waals surface area contributed by atoms with Crippen LogP contribution in [0.5, 0.6) is 0 Å². The normalized spacial score (nSPS) is 26.5. The van der Waals surface area contributed by atoms with Crippen molar-refractivity contribution in [3.05, 3.63) is 54.0 Å². The van der Waals surface area contributed by atoms with Gasteiger partial charge in [-0.1, -0.05) is 31.2 Å². The van der Waals surface area contributed by atoms with Gasteiger partial charge in [0, 0.05) is 6.20 Å². The predicted molar refractivity (Wildman–Crippen MR) is 98.6 cm³/mol. The van der Waals surface area contributed by atoms with E-state index in [1.165, 1.54) is 6.33 Å². The number of aliphatic hydroxyl groups is 3. The van der Waals surface area contributed by atoms with Crippen LogP contribution in [0.2, 0.25) is 0 Å². The van der Waals surface area contributed by atoms with Gasteiger partial charge in [0.15, 0.2) is 6.23 Å². The van der Waals surface area contributed by atoms with Crippen molar-refractivity contribution in [2.75, 3.05) is 5.73 Å². The molecule has 0 bridgehead atoms. The van der Waals surface area contributed by atoms with Crippen LogP contribution in [0.4, 0.5) is 5.82 Å². The quantitative estimate of drug-likeness (QED) is 0.538. The van der Waals surface area contributed by atoms with Crippen molar-refractivity contribution in [1.82, 2.24) is 14.5 Å². The van der Waals surface area contributed by atoms with Gasteiger partial charge in [0.25, 0.3) is 0 Å². The highest BCUT2D eigenvalue weighted by Crippen LogP contribution is 2.37. The maximum Gasteiger partial charge on any atom is 0.164 e. The number of aliphatic hydroxyl groups excluding tert-OH is 3. The summed E-state index contributed by atoms with van der Waals surface area (Å²) in [6, 6.07) is 9.20. The molecule has 3 heterocycles. The Bertz CT molecular complexity index is 960. The largest absolute Gasteiger partial charge is 0.387 e. The average Bonchev–Trinajstić information content (AvgIpc) is 3.24. The van der Waals surface area contributed by atoms with Crippen LogP contribution in [0.3, 0.4) is 0 Å². The first-order valence-corrected chi connectivity index (χ1v) is 8.86. The molecule has 1 saturated heterocycles. The van der Waals surface area contributed by atoms with Crippen LogP contribution in [0.15, 0.2) is 42.9 Å². The highest BCUT2D eigenvalue weighted by molar-refractivity contribution is 5.86. The Morgan fingerprint density at radius 3 is 2.81 bits per heavy atom. The van der Waals surface area contributed by atoms with Gasteiger partial charge in [0.1, 0.15) is 42.2 Å². The third-order valence-electron chi connectivity index (χ3n) is 5.10. The predicted octanol–water partition coefficient (Wildman–Crippen LogP) is 0.929. The van der Waals surface area contributed by atoms with Crippen LogP contribution < -0.4 is 5.73 Å². The van der Waals surface area contributed by atoms with Crippen LogP contribution in [-0.2, 0) is 11.2 Å². The first-order chi connectivity index (χ1) is 13.0. The Balaban J connectivity index is 1.65. The maximum absolute atomic E-state index is 10.8. The lowest BCUT2D eigenvalue weighted by molar-refractivity contribution is -0.0848. The molecule has 1 aliphatic rings. The lowest BCUT2D eigenvalue weighted by Crippen LogP contribution is -2.34. The summed E-state index contributed by atoms with van der Waals surface area (Å²) in [5.74, 6) is 0.319. The Morgan fingerprint density at radius 2 is 2.04 bits per heavy atom. The molecule has 4 rings (SSSR count). The molecule has 0 saturated carbocycles. The third-order valence-corrected chi connectivity index (χ3v) is 5.10. The molecule has 1 aromatic carbocycles. The number of nitrogens with two attached hydrogens (primary N) is 1. The highest BCUT2D eigenvalue weighted by atomic mass is 16.6. The van der Waals surface area contributed by atoms with Crippen LogP contribution in [0.25, 0.3) is 11.0 Å². The van der Waals surface area contributed by atoms with Crippen molar-refractivity contribution in [3.8, 4) is 0 Å². The summed E-state index contributed by atoms with van der Waals surface area (Å²) in [7, 11) is 0. The van der Waals surface area contributed by atoms with E-state index < -0.39 is 30.6 Å². The Labute approximate surface area is 155 Å². The Kier molecular flexibility index (Phi) is 4.56. The standard InChI is InChI=1S/C19H22N4O4/c1-2-10-4-3-5-11(8-10)13(24)16-14(25)15(26)19(27-16)23-7-6-12-17(20)21-9-22-18(12)23/h3-9,13-16,19,24-26H,2H2,1H3,(H2,20,21,22)/t13?,14-,15+,16+,19+/m0/s1. The van der Waals surface area contributed by atoms with Gasteiger partial charge in [-0.3, -0.25) is 0 Å². The van der Waals surface area contributed by atoms with Gasteiger partial charge in [-0.2, -0.15) is 0 Å². The minimum Gasteiger partial charge on any atom is -0.387 e. The average molecular weight is 370 g/mol. The molecule has 0 aliphatic carbocycles. The van der Waals surface area contributed by atoms with E-state index in [9.17, 15) is 15.3 Å². The second-order valence-corrected chi connectivity index (χ2v) is 6.74. The third kappa shape index (κ3) is 2.96. The van der Waals surface area contributed by atoms with Crippen LogP contribution in [-0.4, -0.2) is 48.2 Å². The van der Waals surface area contributed by atoms with Crippen molar-refractivity contribution >= 4 is 16.9 Å². The number of aryl methyl sites for hydroxylation is 1. The Morgan fingerprint density at radius 1 is 1.22 bits per heavy atom. The lowest BCUT2D eigenvalue weighted by Gasteiger charge is -2.22. The lowest BCUT2D eigenvalue weighted by atomic mass is 9.97. The first kappa shape index (κ1) is 17.9. The van der Waals surface area contributed by atoms with E-state index in [-0.39, 0.29) is 0 Å². The number of benzene rings is 1. The van der Waals surface area contributed by atoms with E-state index in [1.54, 1.807) is 22.9 Å². The van der Waals surface area contributed by atoms with Crippen LogP contribution in [0.1, 0.15) is 30.4 Å². The highest BCUT2D eigenvalue weighted by Gasteiger charge is 2.47. The molecule has 0 radical (unpaired) electrons. The van der Waals surface area contributed by atoms with Crippen LogP contribution >= 0.6 is 0 Å². The number of nitrogen functional groups attached to an aromatic ring is 1. The number of anilines is 1. The Hall–Kier alpha value is -2.52. The van der Waals surface area contributed by atoms with Gasteiger partial charge >= 0.3 is 0 Å². The molecule has 5 atom stereocenters. The molecule has 27 heavy (non-hydrogen) atoms. The van der Waals surface area contributed by atoms with Gasteiger partial charge in [-0.05, 0) is 23.6 Å². The fourth-order valence-electron chi connectivity index (χ4n) is 3.56. The smallest absolute Gasteiger partial charge is 0.164 e. The van der Waals surface area contributed by atoms with E-state index in [0.717, 1.165) is 12.0 Å². The number of nitrogens with zero attached hydrogens (tertiary/aromatic N) is 3. The zero-order valence-corrected chi connectivity index (χ0v) is 14.8. The second-order valence-electron chi connectivity index (χ2n) is 6.74. The van der Waals surface area contributed by atoms with Gasteiger partial charge in [-0.15, -0.1) is 0 Å². The number of ether oxygens (including phenoxy) is 1. The van der Waals surface area contributed by atoms with E-state index in [0.29, 0.717) is 22.4 Å². The zero-order chi connectivity index (χ0) is 19.1. The topological polar surface area (TPSA) is 127 Å². The molecule has 1 unspecified atom stereocenters. The monoisotopic (exact) mass is 370 g/mol. The van der Waals surface area contributed by atoms with E-state index in [4.69, 9.17) is 10.5 Å². The summed E-state index contributed by atoms with van der Waals surface area (Å²) >= 11 is 0. The van der Waals surface area contributed by atoms with Gasteiger partial charge in [0.05, 0.1) is 5.39 Å². The summed E-state index contributed by atoms with van der Waals surface area (Å²) in [6.45, 7) is 2.02. The fraction of sp³-hybridized carbons (Fsp3) is 0.368. The molecule has 0 spiro atoms. The molecular weight excluding hydrogens is 348 g/mol. The minimum atomic E-state index is -1.26. The number of fused-ring (bicyclic) bond motifs is 1. The van der Waals surface area contributed by atoms with E-state index >= 15 is 0 Å².